The summed E-state index contributed by atoms with van der Waals surface area (Å²) >= 11 is 0. The predicted octanol–water partition coefficient (Wildman–Crippen LogP) is 2.86. The van der Waals surface area contributed by atoms with Crippen LogP contribution < -0.4 is 10.6 Å². The predicted molar refractivity (Wildman–Crippen MR) is 73.4 cm³/mol. The van der Waals surface area contributed by atoms with Gasteiger partial charge >= 0.3 is 0 Å². The molecule has 0 amide bonds. The zero-order valence-corrected chi connectivity index (χ0v) is 9.95. The molecule has 2 aromatic carbocycles. The average Bonchev–Trinajstić information content (AvgIpc) is 2.89. The largest absolute Gasteiger partial charge is 0.385 e. The molecule has 0 saturated carbocycles. The maximum Gasteiger partial charge on any atom is 0.0346 e. The molecule has 3 rings (SSSR count). The Morgan fingerprint density at radius 3 is 2.82 bits per heavy atom. The van der Waals surface area contributed by atoms with E-state index < -0.39 is 0 Å². The summed E-state index contributed by atoms with van der Waals surface area (Å²) in [7, 11) is 0. The number of nitrogens with one attached hydrogen (secondary N) is 2. The van der Waals surface area contributed by atoms with Gasteiger partial charge in [-0.25, -0.2) is 0 Å². The first-order chi connectivity index (χ1) is 8.42. The Morgan fingerprint density at radius 1 is 1.12 bits per heavy atom. The molecule has 2 nitrogen and oxygen atoms in total. The molecule has 1 aliphatic rings. The Bertz CT molecular complexity index is 501. The SMILES string of the molecule is c1ccc2cc(NCC3CCNC3)ccc2c1. The molecule has 1 atom stereocenters. The lowest BCUT2D eigenvalue weighted by atomic mass is 10.1. The van der Waals surface area contributed by atoms with Crippen molar-refractivity contribution in [3.63, 3.8) is 0 Å². The lowest BCUT2D eigenvalue weighted by molar-refractivity contribution is 0.615. The van der Waals surface area contributed by atoms with Crippen LogP contribution in [0.1, 0.15) is 6.42 Å². The van der Waals surface area contributed by atoms with E-state index in [1.165, 1.54) is 29.4 Å². The third-order valence-corrected chi connectivity index (χ3v) is 3.51. The van der Waals surface area contributed by atoms with E-state index in [1.807, 2.05) is 0 Å². The van der Waals surface area contributed by atoms with E-state index >= 15 is 0 Å². The van der Waals surface area contributed by atoms with Crippen molar-refractivity contribution in [1.29, 1.82) is 0 Å². The molecule has 2 N–H and O–H groups in total. The molecule has 2 heteroatoms. The molecule has 1 heterocycles. The van der Waals surface area contributed by atoms with Gasteiger partial charge in [0.25, 0.3) is 0 Å². The van der Waals surface area contributed by atoms with Crippen LogP contribution in [0, 0.1) is 5.92 Å². The van der Waals surface area contributed by atoms with Crippen molar-refractivity contribution < 1.29 is 0 Å². The van der Waals surface area contributed by atoms with Crippen LogP contribution in [0.2, 0.25) is 0 Å². The van der Waals surface area contributed by atoms with Gasteiger partial charge in [-0.1, -0.05) is 30.3 Å². The van der Waals surface area contributed by atoms with Gasteiger partial charge in [0.1, 0.15) is 0 Å². The van der Waals surface area contributed by atoms with Crippen molar-refractivity contribution in [2.45, 2.75) is 6.42 Å². The van der Waals surface area contributed by atoms with Crippen molar-refractivity contribution in [3.05, 3.63) is 42.5 Å². The summed E-state index contributed by atoms with van der Waals surface area (Å²) in [6.07, 6.45) is 1.29. The monoisotopic (exact) mass is 226 g/mol. The van der Waals surface area contributed by atoms with Crippen molar-refractivity contribution in [2.75, 3.05) is 25.0 Å². The quantitative estimate of drug-likeness (QED) is 0.841. The van der Waals surface area contributed by atoms with Gasteiger partial charge in [0, 0.05) is 12.2 Å². The summed E-state index contributed by atoms with van der Waals surface area (Å²) in [4.78, 5) is 0. The molecule has 0 aromatic heterocycles. The molecular formula is C15H18N2. The van der Waals surface area contributed by atoms with E-state index in [0.717, 1.165) is 19.0 Å². The fourth-order valence-corrected chi connectivity index (χ4v) is 2.45. The minimum Gasteiger partial charge on any atom is -0.385 e. The van der Waals surface area contributed by atoms with E-state index in [1.54, 1.807) is 0 Å². The van der Waals surface area contributed by atoms with Crippen molar-refractivity contribution in [2.24, 2.45) is 5.92 Å². The molecule has 0 radical (unpaired) electrons. The van der Waals surface area contributed by atoms with Crippen LogP contribution in [-0.4, -0.2) is 19.6 Å². The van der Waals surface area contributed by atoms with E-state index in [0.29, 0.717) is 0 Å². The van der Waals surface area contributed by atoms with Crippen LogP contribution in [0.5, 0.6) is 0 Å². The van der Waals surface area contributed by atoms with E-state index in [-0.39, 0.29) is 0 Å². The normalized spacial score (nSPS) is 19.6. The van der Waals surface area contributed by atoms with E-state index in [9.17, 15) is 0 Å². The molecule has 88 valence electrons. The fourth-order valence-electron chi connectivity index (χ4n) is 2.45. The minimum absolute atomic E-state index is 0.779. The first kappa shape index (κ1) is 10.6. The molecule has 1 fully saturated rings. The van der Waals surface area contributed by atoms with Crippen LogP contribution in [-0.2, 0) is 0 Å². The number of hydrogen-bond acceptors (Lipinski definition) is 2. The first-order valence-electron chi connectivity index (χ1n) is 6.35. The lowest BCUT2D eigenvalue weighted by Gasteiger charge is -2.11. The summed E-state index contributed by atoms with van der Waals surface area (Å²) < 4.78 is 0. The van der Waals surface area contributed by atoms with E-state index in [2.05, 4.69) is 53.1 Å². The summed E-state index contributed by atoms with van der Waals surface area (Å²) in [5.74, 6) is 0.779. The fraction of sp³-hybridized carbons (Fsp3) is 0.333. The Balaban J connectivity index is 1.72. The molecule has 0 bridgehead atoms. The second-order valence-corrected chi connectivity index (χ2v) is 4.80. The molecular weight excluding hydrogens is 208 g/mol. The zero-order chi connectivity index (χ0) is 11.5. The first-order valence-corrected chi connectivity index (χ1v) is 6.35. The average molecular weight is 226 g/mol. The topological polar surface area (TPSA) is 24.1 Å². The number of benzene rings is 2. The number of fused-ring (bicyclic) bond motifs is 1. The highest BCUT2D eigenvalue weighted by atomic mass is 14.9. The van der Waals surface area contributed by atoms with Crippen molar-refractivity contribution >= 4 is 16.5 Å². The summed E-state index contributed by atoms with van der Waals surface area (Å²) in [6.45, 7) is 3.40. The molecule has 0 aliphatic carbocycles. The van der Waals surface area contributed by atoms with Crippen LogP contribution in [0.4, 0.5) is 5.69 Å². The van der Waals surface area contributed by atoms with Gasteiger partial charge < -0.3 is 10.6 Å². The van der Waals surface area contributed by atoms with Gasteiger partial charge in [0.15, 0.2) is 0 Å². The van der Waals surface area contributed by atoms with Gasteiger partial charge in [-0.05, 0) is 48.3 Å². The van der Waals surface area contributed by atoms with Crippen LogP contribution in [0.25, 0.3) is 10.8 Å². The summed E-state index contributed by atoms with van der Waals surface area (Å²) in [6, 6.07) is 15.1. The summed E-state index contributed by atoms with van der Waals surface area (Å²) in [5, 5.41) is 9.55. The van der Waals surface area contributed by atoms with E-state index in [4.69, 9.17) is 0 Å². The summed E-state index contributed by atoms with van der Waals surface area (Å²) in [5.41, 5.74) is 1.23. The van der Waals surface area contributed by atoms with Crippen LogP contribution >= 0.6 is 0 Å². The van der Waals surface area contributed by atoms with Crippen LogP contribution in [0.15, 0.2) is 42.5 Å². The molecule has 17 heavy (non-hydrogen) atoms. The van der Waals surface area contributed by atoms with Crippen molar-refractivity contribution in [3.8, 4) is 0 Å². The Morgan fingerprint density at radius 2 is 2.00 bits per heavy atom. The molecule has 1 saturated heterocycles. The second kappa shape index (κ2) is 4.76. The smallest absolute Gasteiger partial charge is 0.0346 e. The van der Waals surface area contributed by atoms with Gasteiger partial charge in [-0.2, -0.15) is 0 Å². The highest BCUT2D eigenvalue weighted by molar-refractivity contribution is 5.85. The van der Waals surface area contributed by atoms with Crippen LogP contribution in [0.3, 0.4) is 0 Å². The van der Waals surface area contributed by atoms with Gasteiger partial charge in [0.2, 0.25) is 0 Å². The molecule has 0 spiro atoms. The number of hydrogen-bond donors (Lipinski definition) is 2. The Kier molecular flexibility index (Phi) is 2.97. The highest BCUT2D eigenvalue weighted by Crippen LogP contribution is 2.19. The maximum absolute atomic E-state index is 3.54. The maximum atomic E-state index is 3.54. The molecule has 1 unspecified atom stereocenters. The third-order valence-electron chi connectivity index (χ3n) is 3.51. The van der Waals surface area contributed by atoms with Gasteiger partial charge in [-0.15, -0.1) is 0 Å². The highest BCUT2D eigenvalue weighted by Gasteiger charge is 2.13. The third kappa shape index (κ3) is 2.42. The van der Waals surface area contributed by atoms with Crippen molar-refractivity contribution in [1.82, 2.24) is 5.32 Å². The molecule has 1 aliphatic heterocycles. The second-order valence-electron chi connectivity index (χ2n) is 4.80. The van der Waals surface area contributed by atoms with Gasteiger partial charge in [0.05, 0.1) is 0 Å². The zero-order valence-electron chi connectivity index (χ0n) is 9.95. The lowest BCUT2D eigenvalue weighted by Crippen LogP contribution is -2.17. The molecule has 2 aromatic rings. The number of rotatable bonds is 3. The Hall–Kier alpha value is -1.54. The Labute approximate surface area is 102 Å². The standard InChI is InChI=1S/C15H18N2/c1-2-4-14-9-15(6-5-13(14)3-1)17-11-12-7-8-16-10-12/h1-6,9,12,16-17H,7-8,10-11H2. The number of anilines is 1. The minimum atomic E-state index is 0.779. The van der Waals surface area contributed by atoms with Gasteiger partial charge in [-0.3, -0.25) is 0 Å².